The van der Waals surface area contributed by atoms with E-state index in [4.69, 9.17) is 29.0 Å². The highest BCUT2D eigenvalue weighted by molar-refractivity contribution is 7.26. The van der Waals surface area contributed by atoms with Gasteiger partial charge >= 0.3 is 0 Å². The molecule has 0 radical (unpaired) electrons. The van der Waals surface area contributed by atoms with E-state index in [0.29, 0.717) is 11.1 Å². The summed E-state index contributed by atoms with van der Waals surface area (Å²) >= 11 is 1.58. The number of rotatable bonds is 5. The summed E-state index contributed by atoms with van der Waals surface area (Å²) in [6.45, 7) is 0. The largest absolute Gasteiger partial charge is 0.456 e. The Morgan fingerprint density at radius 3 is 2.00 bits per heavy atom. The van der Waals surface area contributed by atoms with Gasteiger partial charge in [-0.25, -0.2) is 15.0 Å². The molecule has 0 atom stereocenters. The molecule has 0 aliphatic rings. The number of fused-ring (bicyclic) bond motifs is 6. The lowest BCUT2D eigenvalue weighted by Crippen LogP contribution is -2.00. The lowest BCUT2D eigenvalue weighted by Gasteiger charge is -2.10. The lowest BCUT2D eigenvalue weighted by atomic mass is 10.0. The lowest BCUT2D eigenvalue weighted by molar-refractivity contribution is 0.669. The first kappa shape index (κ1) is 19.5. The summed E-state index contributed by atoms with van der Waals surface area (Å²) in [5.41, 5.74) is 1.66. The second-order valence-electron chi connectivity index (χ2n) is 11.5. The average Bonchev–Trinajstić information content (AvgIpc) is 3.88. The standard InChI is InChI=1S/C45H27N3OS/c1-3-10-28(11-4-1)30-18-20-31(21-19-30)43-46-44(48-45(47-43)37-16-9-15-36-35-14-7-8-17-41(35)50-42(36)37)33-22-24-34-38-26-32(29-12-5-2-6-13-29)23-25-39(38)49-40(34)27-33/h1-27H/i2D,5D,6D,12D,13D,22D,23D,24D,25D,26D,27D. The number of benzene rings is 7. The normalized spacial score (nSPS) is 14.7. The molecule has 0 saturated heterocycles. The van der Waals surface area contributed by atoms with Crippen molar-refractivity contribution in [1.29, 1.82) is 0 Å². The van der Waals surface area contributed by atoms with Gasteiger partial charge in [0.15, 0.2) is 17.5 Å². The minimum Gasteiger partial charge on any atom is -0.456 e. The van der Waals surface area contributed by atoms with E-state index in [9.17, 15) is 5.48 Å². The molecule has 10 rings (SSSR count). The van der Waals surface area contributed by atoms with Crippen LogP contribution in [0.3, 0.4) is 0 Å². The second-order valence-corrected chi connectivity index (χ2v) is 12.6. The van der Waals surface area contributed by atoms with Gasteiger partial charge in [-0.3, -0.25) is 0 Å². The van der Waals surface area contributed by atoms with Gasteiger partial charge in [-0.1, -0.05) is 127 Å². The molecule has 0 aliphatic heterocycles. The summed E-state index contributed by atoms with van der Waals surface area (Å²) in [5, 5.41) is 1.69. The topological polar surface area (TPSA) is 51.8 Å². The van der Waals surface area contributed by atoms with Crippen molar-refractivity contribution in [2.45, 2.75) is 0 Å². The molecule has 0 saturated carbocycles. The maximum atomic E-state index is 9.49. The molecular formula is C45H27N3OS. The number of aromatic nitrogens is 3. The first-order valence-corrected chi connectivity index (χ1v) is 16.5. The summed E-state index contributed by atoms with van der Waals surface area (Å²) in [7, 11) is 0. The molecule has 0 unspecified atom stereocenters. The van der Waals surface area contributed by atoms with Crippen molar-refractivity contribution in [3.05, 3.63) is 164 Å². The van der Waals surface area contributed by atoms with Gasteiger partial charge < -0.3 is 4.42 Å². The number of hydrogen-bond donors (Lipinski definition) is 0. The van der Waals surface area contributed by atoms with Crippen molar-refractivity contribution < 1.29 is 19.5 Å². The molecule has 10 aromatic rings. The van der Waals surface area contributed by atoms with Gasteiger partial charge in [0, 0.05) is 47.6 Å². The molecule has 3 aromatic heterocycles. The van der Waals surface area contributed by atoms with Crippen LogP contribution in [-0.2, 0) is 0 Å². The zero-order valence-electron chi connectivity index (χ0n) is 36.9. The Hall–Kier alpha value is -6.43. The Morgan fingerprint density at radius 2 is 1.14 bits per heavy atom. The fourth-order valence-corrected chi connectivity index (χ4v) is 7.32. The van der Waals surface area contributed by atoms with Gasteiger partial charge in [-0.2, -0.15) is 0 Å². The van der Waals surface area contributed by atoms with E-state index in [1.807, 2.05) is 91.0 Å². The molecule has 5 heteroatoms. The van der Waals surface area contributed by atoms with Gasteiger partial charge in [0.1, 0.15) is 11.2 Å². The molecule has 234 valence electrons. The molecule has 4 nitrogen and oxygen atoms in total. The maximum absolute atomic E-state index is 9.49. The molecule has 0 aliphatic carbocycles. The number of thiophene rings is 1. The number of furan rings is 1. The highest BCUT2D eigenvalue weighted by atomic mass is 32.1. The van der Waals surface area contributed by atoms with E-state index in [-0.39, 0.29) is 45.0 Å². The van der Waals surface area contributed by atoms with Crippen LogP contribution in [0.15, 0.2) is 168 Å². The average molecular weight is 669 g/mol. The molecule has 50 heavy (non-hydrogen) atoms. The summed E-state index contributed by atoms with van der Waals surface area (Å²) in [6, 6.07) is 24.9. The van der Waals surface area contributed by atoms with Crippen LogP contribution in [0.4, 0.5) is 0 Å². The van der Waals surface area contributed by atoms with Crippen molar-refractivity contribution in [1.82, 2.24) is 15.0 Å². The van der Waals surface area contributed by atoms with Crippen molar-refractivity contribution in [3.8, 4) is 56.4 Å². The Bertz CT molecular complexity index is 3470. The van der Waals surface area contributed by atoms with Crippen molar-refractivity contribution >= 4 is 53.4 Å². The van der Waals surface area contributed by atoms with Gasteiger partial charge in [0.2, 0.25) is 0 Å². The van der Waals surface area contributed by atoms with Crippen LogP contribution < -0.4 is 0 Å². The van der Waals surface area contributed by atoms with Crippen LogP contribution >= 0.6 is 11.3 Å². The Balaban J connectivity index is 1.23. The third-order valence-corrected chi connectivity index (χ3v) is 9.73. The summed E-state index contributed by atoms with van der Waals surface area (Å²) in [6.07, 6.45) is 0. The summed E-state index contributed by atoms with van der Waals surface area (Å²) in [5.74, 6) is 0.425. The summed E-state index contributed by atoms with van der Waals surface area (Å²) < 4.78 is 105. The SMILES string of the molecule is [2H]c1c([2H])c([2H])c(-c2c([2H])c([2H])c3oc4c([2H])c(-c5nc(-c6ccc(-c7ccccc7)cc6)nc(-c6cccc7c6sc6ccccc67)n5)c([2H])c([2H])c4c3c2[2H])c([2H])c1[2H]. The van der Waals surface area contributed by atoms with Crippen molar-refractivity contribution in [3.63, 3.8) is 0 Å². The highest BCUT2D eigenvalue weighted by Gasteiger charge is 2.18. The van der Waals surface area contributed by atoms with Crippen LogP contribution in [0.2, 0.25) is 0 Å². The molecule has 0 bridgehead atoms. The molecule has 7 aromatic carbocycles. The smallest absolute Gasteiger partial charge is 0.165 e. The minimum atomic E-state index is -0.682. The third kappa shape index (κ3) is 4.87. The van der Waals surface area contributed by atoms with Crippen LogP contribution in [0.25, 0.3) is 98.5 Å². The van der Waals surface area contributed by atoms with E-state index in [1.165, 1.54) is 0 Å². The van der Waals surface area contributed by atoms with Gasteiger partial charge in [0.05, 0.1) is 15.1 Å². The Kier molecular flexibility index (Phi) is 4.54. The van der Waals surface area contributed by atoms with Gasteiger partial charge in [-0.15, -0.1) is 11.3 Å². The Morgan fingerprint density at radius 1 is 0.440 bits per heavy atom. The zero-order valence-corrected chi connectivity index (χ0v) is 26.7. The molecule has 0 fully saturated rings. The summed E-state index contributed by atoms with van der Waals surface area (Å²) in [4.78, 5) is 14.6. The van der Waals surface area contributed by atoms with E-state index in [2.05, 4.69) is 6.07 Å². The monoisotopic (exact) mass is 668 g/mol. The highest BCUT2D eigenvalue weighted by Crippen LogP contribution is 2.40. The van der Waals surface area contributed by atoms with E-state index in [1.54, 1.807) is 11.3 Å². The van der Waals surface area contributed by atoms with E-state index in [0.717, 1.165) is 31.3 Å². The van der Waals surface area contributed by atoms with Crippen molar-refractivity contribution in [2.24, 2.45) is 0 Å². The first-order chi connectivity index (χ1) is 29.3. The molecule has 0 amide bonds. The van der Waals surface area contributed by atoms with E-state index >= 15 is 0 Å². The van der Waals surface area contributed by atoms with Crippen LogP contribution in [-0.4, -0.2) is 15.0 Å². The van der Waals surface area contributed by atoms with E-state index < -0.39 is 77.6 Å². The Labute approximate surface area is 307 Å². The molecule has 3 heterocycles. The molecular weight excluding hydrogens is 631 g/mol. The van der Waals surface area contributed by atoms with Crippen LogP contribution in [0.5, 0.6) is 0 Å². The molecule has 0 N–H and O–H groups in total. The fraction of sp³-hybridized carbons (Fsp3) is 0. The van der Waals surface area contributed by atoms with Gasteiger partial charge in [0.25, 0.3) is 0 Å². The predicted octanol–water partition coefficient (Wildman–Crippen LogP) is 12.5. The number of nitrogens with zero attached hydrogens (tertiary/aromatic N) is 3. The third-order valence-electron chi connectivity index (χ3n) is 8.51. The minimum absolute atomic E-state index is 0.0886. The van der Waals surface area contributed by atoms with Gasteiger partial charge in [-0.05, 0) is 58.6 Å². The predicted molar refractivity (Wildman–Crippen MR) is 207 cm³/mol. The fourth-order valence-electron chi connectivity index (χ4n) is 6.11. The second kappa shape index (κ2) is 11.6. The zero-order chi connectivity index (χ0) is 42.6. The van der Waals surface area contributed by atoms with Crippen LogP contribution in [0.1, 0.15) is 15.1 Å². The number of hydrogen-bond acceptors (Lipinski definition) is 5. The van der Waals surface area contributed by atoms with Crippen LogP contribution in [0, 0.1) is 0 Å². The molecule has 0 spiro atoms. The first-order valence-electron chi connectivity index (χ1n) is 21.2. The maximum Gasteiger partial charge on any atom is 0.165 e. The quantitative estimate of drug-likeness (QED) is 0.183. The van der Waals surface area contributed by atoms with Crippen molar-refractivity contribution in [2.75, 3.05) is 0 Å².